The van der Waals surface area contributed by atoms with E-state index in [1.54, 1.807) is 48.4 Å². The minimum absolute atomic E-state index is 0.0233. The first-order valence-corrected chi connectivity index (χ1v) is 12.3. The predicted octanol–water partition coefficient (Wildman–Crippen LogP) is 5.78. The molecule has 2 heterocycles. The molecule has 0 aromatic heterocycles. The molecule has 0 spiro atoms. The number of phenols is 1. The van der Waals surface area contributed by atoms with E-state index in [2.05, 4.69) is 0 Å². The highest BCUT2D eigenvalue weighted by molar-refractivity contribution is 8.20. The quantitative estimate of drug-likeness (QED) is 0.357. The van der Waals surface area contributed by atoms with Crippen LogP contribution < -0.4 is 14.5 Å². The summed E-state index contributed by atoms with van der Waals surface area (Å²) in [6.45, 7) is 1.51. The Balaban J connectivity index is 1.58. The van der Waals surface area contributed by atoms with Crippen LogP contribution in [0.3, 0.4) is 0 Å². The highest BCUT2D eigenvalue weighted by atomic mass is 32.2. The predicted molar refractivity (Wildman–Crippen MR) is 141 cm³/mol. The number of hydrogen-bond donors (Lipinski definition) is 1. The molecule has 2 aliphatic rings. The van der Waals surface area contributed by atoms with Gasteiger partial charge in [0, 0.05) is 23.6 Å². The fourth-order valence-corrected chi connectivity index (χ4v) is 6.07. The summed E-state index contributed by atoms with van der Waals surface area (Å²) < 4.78 is 5.37. The number of thioether (sulfide) groups is 2. The van der Waals surface area contributed by atoms with Crippen LogP contribution in [0.15, 0.2) is 86.6 Å². The number of phenolic OH excluding ortho intramolecular Hbond substituents is 1. The summed E-state index contributed by atoms with van der Waals surface area (Å²) in [6.07, 6.45) is 0. The molecule has 176 valence electrons. The van der Waals surface area contributed by atoms with Crippen molar-refractivity contribution in [2.24, 2.45) is 4.99 Å². The molecule has 35 heavy (non-hydrogen) atoms. The molecule has 3 aromatic carbocycles. The first-order valence-electron chi connectivity index (χ1n) is 10.7. The first kappa shape index (κ1) is 23.1. The van der Waals surface area contributed by atoms with Gasteiger partial charge < -0.3 is 14.7 Å². The Morgan fingerprint density at radius 2 is 1.71 bits per heavy atom. The lowest BCUT2D eigenvalue weighted by Gasteiger charge is -2.17. The second-order valence-electron chi connectivity index (χ2n) is 7.89. The number of carbonyl (C=O) groups is 2. The Morgan fingerprint density at radius 1 is 1.00 bits per heavy atom. The number of ketones is 1. The summed E-state index contributed by atoms with van der Waals surface area (Å²) in [7, 11) is 3.55. The highest BCUT2D eigenvalue weighted by Gasteiger charge is 2.40. The maximum atomic E-state index is 13.7. The molecule has 1 N–H and O–H groups in total. The van der Waals surface area contributed by atoms with Crippen LogP contribution in [0.5, 0.6) is 11.5 Å². The fourth-order valence-electron chi connectivity index (χ4n) is 3.74. The molecule has 0 radical (unpaired) electrons. The third-order valence-electron chi connectivity index (χ3n) is 5.62. The van der Waals surface area contributed by atoms with E-state index < -0.39 is 0 Å². The maximum Gasteiger partial charge on any atom is 0.274 e. The number of aromatic hydroxyl groups is 1. The average Bonchev–Trinajstić information content (AvgIpc) is 3.35. The van der Waals surface area contributed by atoms with Gasteiger partial charge in [-0.25, -0.2) is 4.99 Å². The van der Waals surface area contributed by atoms with Gasteiger partial charge in [-0.15, -0.1) is 0 Å². The van der Waals surface area contributed by atoms with Gasteiger partial charge in [-0.3, -0.25) is 14.5 Å². The second-order valence-corrected chi connectivity index (χ2v) is 9.89. The van der Waals surface area contributed by atoms with Crippen LogP contribution in [0, 0.1) is 0 Å². The highest BCUT2D eigenvalue weighted by Crippen LogP contribution is 2.51. The number of benzene rings is 3. The van der Waals surface area contributed by atoms with Gasteiger partial charge in [0.15, 0.2) is 11.0 Å². The van der Waals surface area contributed by atoms with Gasteiger partial charge in [0.2, 0.25) is 0 Å². The first-order chi connectivity index (χ1) is 16.9. The molecule has 0 saturated carbocycles. The normalized spacial score (nSPS) is 18.4. The third kappa shape index (κ3) is 4.28. The van der Waals surface area contributed by atoms with E-state index in [4.69, 9.17) is 9.73 Å². The summed E-state index contributed by atoms with van der Waals surface area (Å²) in [5.41, 5.74) is 2.78. The van der Waals surface area contributed by atoms with Crippen molar-refractivity contribution in [1.29, 1.82) is 0 Å². The molecule has 0 unspecified atom stereocenters. The molecule has 3 aromatic rings. The van der Waals surface area contributed by atoms with Crippen molar-refractivity contribution in [2.45, 2.75) is 11.8 Å². The lowest BCUT2D eigenvalue weighted by atomic mass is 10.1. The minimum Gasteiger partial charge on any atom is -0.508 e. The monoisotopic (exact) mass is 503 g/mol. The topological polar surface area (TPSA) is 82.4 Å². The number of amides is 1. The van der Waals surface area contributed by atoms with Crippen LogP contribution >= 0.6 is 23.5 Å². The molecule has 1 saturated heterocycles. The van der Waals surface area contributed by atoms with E-state index in [0.29, 0.717) is 27.0 Å². The second kappa shape index (κ2) is 9.16. The number of hydrogen-bond acceptors (Lipinski definition) is 8. The summed E-state index contributed by atoms with van der Waals surface area (Å²) in [6, 6.07) is 19.2. The van der Waals surface area contributed by atoms with Crippen molar-refractivity contribution in [3.8, 4) is 11.5 Å². The van der Waals surface area contributed by atoms with Crippen molar-refractivity contribution in [3.05, 3.63) is 82.2 Å². The van der Waals surface area contributed by atoms with Crippen LogP contribution in [-0.2, 0) is 4.79 Å². The zero-order valence-electron chi connectivity index (χ0n) is 19.2. The lowest BCUT2D eigenvalue weighted by molar-refractivity contribution is -0.113. The van der Waals surface area contributed by atoms with Gasteiger partial charge in [0.25, 0.3) is 5.91 Å². The number of fused-ring (bicyclic) bond motifs is 1. The van der Waals surface area contributed by atoms with Gasteiger partial charge in [-0.1, -0.05) is 11.8 Å². The zero-order valence-corrected chi connectivity index (χ0v) is 20.8. The summed E-state index contributed by atoms with van der Waals surface area (Å²) in [4.78, 5) is 35.2. The zero-order chi connectivity index (χ0) is 24.7. The smallest absolute Gasteiger partial charge is 0.274 e. The number of anilines is 2. The number of carbonyl (C=O) groups excluding carboxylic acids is 2. The number of aliphatic imine (C=N–C) groups is 1. The van der Waals surface area contributed by atoms with Crippen molar-refractivity contribution in [3.63, 3.8) is 0 Å². The Labute approximate surface area is 211 Å². The van der Waals surface area contributed by atoms with Gasteiger partial charge in [-0.2, -0.15) is 0 Å². The average molecular weight is 504 g/mol. The molecular weight excluding hydrogens is 482 g/mol. The molecular formula is C26H21N3O4S2. The SMILES string of the molecule is COc1ccc2c(c1)N(C)C(=C1SC(=Nc3ccc(C(C)=O)cc3)N(c3ccc(O)cc3)C1=O)S2. The van der Waals surface area contributed by atoms with Gasteiger partial charge in [-0.05, 0) is 79.3 Å². The molecule has 0 bridgehead atoms. The molecule has 5 rings (SSSR count). The van der Waals surface area contributed by atoms with E-state index >= 15 is 0 Å². The third-order valence-corrected chi connectivity index (χ3v) is 8.02. The molecule has 0 aliphatic carbocycles. The lowest BCUT2D eigenvalue weighted by Crippen LogP contribution is -2.29. The molecule has 9 heteroatoms. The maximum absolute atomic E-state index is 13.7. The van der Waals surface area contributed by atoms with Crippen LogP contribution in [0.4, 0.5) is 17.1 Å². The fraction of sp³-hybridized carbons (Fsp3) is 0.115. The van der Waals surface area contributed by atoms with Crippen LogP contribution in [-0.4, -0.2) is 36.1 Å². The van der Waals surface area contributed by atoms with E-state index in [-0.39, 0.29) is 17.4 Å². The molecule has 2 aliphatic heterocycles. The van der Waals surface area contributed by atoms with Crippen molar-refractivity contribution < 1.29 is 19.4 Å². The van der Waals surface area contributed by atoms with Gasteiger partial charge >= 0.3 is 0 Å². The summed E-state index contributed by atoms with van der Waals surface area (Å²) >= 11 is 2.82. The van der Waals surface area contributed by atoms with E-state index in [0.717, 1.165) is 21.4 Å². The van der Waals surface area contributed by atoms with E-state index in [1.165, 1.54) is 42.6 Å². The van der Waals surface area contributed by atoms with Gasteiger partial charge in [0.05, 0.1) is 29.2 Å². The molecule has 1 fully saturated rings. The Hall–Kier alpha value is -3.69. The number of ether oxygens (including phenoxy) is 1. The largest absolute Gasteiger partial charge is 0.508 e. The number of rotatable bonds is 4. The number of Topliss-reactive ketones (excluding diaryl/α,β-unsaturated/α-hetero) is 1. The van der Waals surface area contributed by atoms with Crippen LogP contribution in [0.1, 0.15) is 17.3 Å². The molecule has 1 amide bonds. The standard InChI is InChI=1S/C26H21N3O4S2/c1-15(30)16-4-6-17(7-5-16)27-26-29(18-8-10-19(31)11-9-18)24(32)23(35-26)25-28(2)21-14-20(33-3)12-13-22(21)34-25/h4-14,31H,1-3H3. The number of amidine groups is 1. The van der Waals surface area contributed by atoms with Crippen molar-refractivity contribution in [1.82, 2.24) is 0 Å². The van der Waals surface area contributed by atoms with Crippen molar-refractivity contribution >= 4 is 57.4 Å². The molecule has 0 atom stereocenters. The van der Waals surface area contributed by atoms with E-state index in [1.807, 2.05) is 30.1 Å². The van der Waals surface area contributed by atoms with E-state index in [9.17, 15) is 14.7 Å². The summed E-state index contributed by atoms with van der Waals surface area (Å²) in [5.74, 6) is 0.633. The molecule has 7 nitrogen and oxygen atoms in total. The Bertz CT molecular complexity index is 1400. The van der Waals surface area contributed by atoms with Gasteiger partial charge in [0.1, 0.15) is 16.4 Å². The van der Waals surface area contributed by atoms with Crippen LogP contribution in [0.25, 0.3) is 0 Å². The Kier molecular flexibility index (Phi) is 6.04. The Morgan fingerprint density at radius 3 is 2.37 bits per heavy atom. The summed E-state index contributed by atoms with van der Waals surface area (Å²) in [5, 5.41) is 11.0. The van der Waals surface area contributed by atoms with Crippen molar-refractivity contribution in [2.75, 3.05) is 24.0 Å². The number of nitrogens with zero attached hydrogens (tertiary/aromatic N) is 3. The minimum atomic E-state index is -0.200. The number of methoxy groups -OCH3 is 1. The van der Waals surface area contributed by atoms with Crippen LogP contribution in [0.2, 0.25) is 0 Å².